The Kier molecular flexibility index (Phi) is 6.85. The Bertz CT molecular complexity index is 811. The molecule has 0 aliphatic carbocycles. The van der Waals surface area contributed by atoms with Crippen LogP contribution in [-0.4, -0.2) is 30.9 Å². The summed E-state index contributed by atoms with van der Waals surface area (Å²) in [6.45, 7) is -0.539. The van der Waals surface area contributed by atoms with Crippen LogP contribution in [0.25, 0.3) is 0 Å². The van der Waals surface area contributed by atoms with Crippen molar-refractivity contribution < 1.29 is 23.5 Å². The van der Waals surface area contributed by atoms with E-state index in [2.05, 4.69) is 15.9 Å². The third-order valence-electron chi connectivity index (χ3n) is 3.44. The van der Waals surface area contributed by atoms with Crippen LogP contribution in [0.2, 0.25) is 0 Å². The molecule has 0 saturated carbocycles. The summed E-state index contributed by atoms with van der Waals surface area (Å²) < 4.78 is 18.7. The predicted octanol–water partition coefficient (Wildman–Crippen LogP) is 2.65. The number of benzene rings is 2. The van der Waals surface area contributed by atoms with Gasteiger partial charge in [-0.25, -0.2) is 9.18 Å². The fraction of sp³-hybridized carbons (Fsp3) is 0.167. The molecule has 0 heterocycles. The van der Waals surface area contributed by atoms with E-state index in [1.807, 2.05) is 0 Å². The van der Waals surface area contributed by atoms with Gasteiger partial charge in [0, 0.05) is 23.1 Å². The number of nitrogens with zero attached hydrogens (tertiary/aromatic N) is 1. The SMILES string of the molecule is NC(=O)CCN(C(=O)COC(=O)c1ccccc1Br)c1ccc(F)cc1. The van der Waals surface area contributed by atoms with Crippen LogP contribution in [0.1, 0.15) is 16.8 Å². The fourth-order valence-electron chi connectivity index (χ4n) is 2.15. The van der Waals surface area contributed by atoms with Crippen molar-refractivity contribution in [1.82, 2.24) is 0 Å². The lowest BCUT2D eigenvalue weighted by atomic mass is 10.2. The topological polar surface area (TPSA) is 89.7 Å². The summed E-state index contributed by atoms with van der Waals surface area (Å²) in [6, 6.07) is 11.8. The van der Waals surface area contributed by atoms with E-state index in [0.717, 1.165) is 0 Å². The summed E-state index contributed by atoms with van der Waals surface area (Å²) >= 11 is 3.23. The molecule has 2 aromatic carbocycles. The van der Waals surface area contributed by atoms with Crippen molar-refractivity contribution in [2.24, 2.45) is 5.73 Å². The molecule has 136 valence electrons. The monoisotopic (exact) mass is 422 g/mol. The van der Waals surface area contributed by atoms with Crippen LogP contribution in [0, 0.1) is 5.82 Å². The van der Waals surface area contributed by atoms with Gasteiger partial charge < -0.3 is 15.4 Å². The van der Waals surface area contributed by atoms with Gasteiger partial charge in [0.1, 0.15) is 5.82 Å². The second-order valence-electron chi connectivity index (χ2n) is 5.29. The molecule has 0 atom stereocenters. The molecular formula is C18H16BrFN2O4. The standard InChI is InChI=1S/C18H16BrFN2O4/c19-15-4-2-1-3-14(15)18(25)26-11-17(24)22(10-9-16(21)23)13-7-5-12(20)6-8-13/h1-8H,9-11H2,(H2,21,23). The van der Waals surface area contributed by atoms with Gasteiger partial charge in [0.25, 0.3) is 5.91 Å². The molecule has 6 nitrogen and oxygen atoms in total. The first-order valence-electron chi connectivity index (χ1n) is 7.64. The van der Waals surface area contributed by atoms with E-state index < -0.39 is 30.2 Å². The van der Waals surface area contributed by atoms with Gasteiger partial charge in [-0.15, -0.1) is 0 Å². The largest absolute Gasteiger partial charge is 0.452 e. The van der Waals surface area contributed by atoms with Crippen LogP contribution in [0.15, 0.2) is 53.0 Å². The Labute approximate surface area is 157 Å². The zero-order chi connectivity index (χ0) is 19.1. The number of esters is 1. The molecule has 0 saturated heterocycles. The summed E-state index contributed by atoms with van der Waals surface area (Å²) in [6.07, 6.45) is -0.0820. The molecule has 2 aromatic rings. The number of hydrogen-bond donors (Lipinski definition) is 1. The summed E-state index contributed by atoms with van der Waals surface area (Å²) in [5.74, 6) is -2.27. The fourth-order valence-corrected chi connectivity index (χ4v) is 2.60. The number of nitrogens with two attached hydrogens (primary N) is 1. The molecule has 2 N–H and O–H groups in total. The number of hydrogen-bond acceptors (Lipinski definition) is 4. The second-order valence-corrected chi connectivity index (χ2v) is 6.15. The minimum atomic E-state index is -0.667. The van der Waals surface area contributed by atoms with E-state index in [-0.39, 0.29) is 18.5 Å². The average molecular weight is 423 g/mol. The van der Waals surface area contributed by atoms with Crippen LogP contribution in [0.4, 0.5) is 10.1 Å². The van der Waals surface area contributed by atoms with Gasteiger partial charge in [-0.05, 0) is 52.3 Å². The predicted molar refractivity (Wildman–Crippen MR) is 97.0 cm³/mol. The first-order chi connectivity index (χ1) is 12.4. The van der Waals surface area contributed by atoms with Gasteiger partial charge in [0.05, 0.1) is 5.56 Å². The normalized spacial score (nSPS) is 10.2. The maximum Gasteiger partial charge on any atom is 0.339 e. The molecule has 2 amide bonds. The molecule has 0 spiro atoms. The number of primary amides is 1. The van der Waals surface area contributed by atoms with Crippen molar-refractivity contribution in [2.75, 3.05) is 18.1 Å². The Balaban J connectivity index is 2.08. The van der Waals surface area contributed by atoms with E-state index in [4.69, 9.17) is 10.5 Å². The van der Waals surface area contributed by atoms with Gasteiger partial charge in [-0.2, -0.15) is 0 Å². The molecule has 0 fully saturated rings. The Morgan fingerprint density at radius 3 is 2.35 bits per heavy atom. The maximum atomic E-state index is 13.1. The number of ether oxygens (including phenoxy) is 1. The van der Waals surface area contributed by atoms with Gasteiger partial charge in [-0.1, -0.05) is 12.1 Å². The third-order valence-corrected chi connectivity index (χ3v) is 4.13. The number of anilines is 1. The van der Waals surface area contributed by atoms with Crippen LogP contribution in [-0.2, 0) is 14.3 Å². The van der Waals surface area contributed by atoms with Crippen molar-refractivity contribution in [1.29, 1.82) is 0 Å². The van der Waals surface area contributed by atoms with E-state index in [1.165, 1.54) is 29.2 Å². The van der Waals surface area contributed by atoms with Crippen molar-refractivity contribution in [3.8, 4) is 0 Å². The van der Waals surface area contributed by atoms with Crippen molar-refractivity contribution in [3.05, 3.63) is 64.4 Å². The smallest absolute Gasteiger partial charge is 0.339 e. The van der Waals surface area contributed by atoms with Gasteiger partial charge in [0.15, 0.2) is 6.61 Å². The number of halogens is 2. The number of carbonyl (C=O) groups is 3. The zero-order valence-electron chi connectivity index (χ0n) is 13.7. The molecular weight excluding hydrogens is 407 g/mol. The van der Waals surface area contributed by atoms with E-state index in [1.54, 1.807) is 24.3 Å². The molecule has 0 aromatic heterocycles. The first kappa shape index (κ1) is 19.6. The molecule has 0 aliphatic rings. The summed E-state index contributed by atoms with van der Waals surface area (Å²) in [5, 5.41) is 0. The average Bonchev–Trinajstić information content (AvgIpc) is 2.61. The highest BCUT2D eigenvalue weighted by molar-refractivity contribution is 9.10. The van der Waals surface area contributed by atoms with E-state index in [9.17, 15) is 18.8 Å². The van der Waals surface area contributed by atoms with E-state index >= 15 is 0 Å². The number of amides is 2. The molecule has 26 heavy (non-hydrogen) atoms. The summed E-state index contributed by atoms with van der Waals surface area (Å²) in [4.78, 5) is 36.8. The Hall–Kier alpha value is -2.74. The van der Waals surface area contributed by atoms with Crippen molar-refractivity contribution in [2.45, 2.75) is 6.42 Å². The minimum Gasteiger partial charge on any atom is -0.452 e. The lowest BCUT2D eigenvalue weighted by Crippen LogP contribution is -2.37. The highest BCUT2D eigenvalue weighted by atomic mass is 79.9. The molecule has 2 rings (SSSR count). The molecule has 0 aliphatic heterocycles. The lowest BCUT2D eigenvalue weighted by Gasteiger charge is -2.22. The van der Waals surface area contributed by atoms with Crippen molar-refractivity contribution in [3.63, 3.8) is 0 Å². The van der Waals surface area contributed by atoms with Gasteiger partial charge in [0.2, 0.25) is 5.91 Å². The zero-order valence-corrected chi connectivity index (χ0v) is 15.2. The third kappa shape index (κ3) is 5.38. The van der Waals surface area contributed by atoms with Gasteiger partial charge >= 0.3 is 5.97 Å². The second kappa shape index (κ2) is 9.10. The van der Waals surface area contributed by atoms with Crippen LogP contribution in [0.5, 0.6) is 0 Å². The summed E-state index contributed by atoms with van der Waals surface area (Å²) in [5.41, 5.74) is 5.78. The maximum absolute atomic E-state index is 13.1. The molecule has 0 radical (unpaired) electrons. The van der Waals surface area contributed by atoms with Crippen LogP contribution >= 0.6 is 15.9 Å². The van der Waals surface area contributed by atoms with Crippen LogP contribution < -0.4 is 10.6 Å². The molecule has 8 heteroatoms. The van der Waals surface area contributed by atoms with Gasteiger partial charge in [-0.3, -0.25) is 9.59 Å². The van der Waals surface area contributed by atoms with E-state index in [0.29, 0.717) is 10.2 Å². The molecule has 0 bridgehead atoms. The highest BCUT2D eigenvalue weighted by Crippen LogP contribution is 2.18. The Morgan fingerprint density at radius 2 is 1.73 bits per heavy atom. The Morgan fingerprint density at radius 1 is 1.08 bits per heavy atom. The first-order valence-corrected chi connectivity index (χ1v) is 8.43. The minimum absolute atomic E-state index is 0.00756. The van der Waals surface area contributed by atoms with Crippen LogP contribution in [0.3, 0.4) is 0 Å². The number of carbonyl (C=O) groups excluding carboxylic acids is 3. The highest BCUT2D eigenvalue weighted by Gasteiger charge is 2.19. The summed E-state index contributed by atoms with van der Waals surface area (Å²) in [7, 11) is 0. The molecule has 0 unspecified atom stereocenters. The quantitative estimate of drug-likeness (QED) is 0.694. The number of rotatable bonds is 7. The lowest BCUT2D eigenvalue weighted by molar-refractivity contribution is -0.121. The van der Waals surface area contributed by atoms with Crippen molar-refractivity contribution >= 4 is 39.4 Å².